The van der Waals surface area contributed by atoms with Crippen LogP contribution in [0.2, 0.25) is 0 Å². The second-order valence-corrected chi connectivity index (χ2v) is 11.9. The molecule has 3 heterocycles. The smallest absolute Gasteiger partial charge is 0.0238 e. The van der Waals surface area contributed by atoms with Gasteiger partial charge in [0.05, 0.1) is 0 Å². The number of fused-ring (bicyclic) bond motifs is 1. The molecule has 26 heavy (non-hydrogen) atoms. The van der Waals surface area contributed by atoms with E-state index in [0.717, 1.165) is 12.0 Å². The van der Waals surface area contributed by atoms with Crippen LogP contribution in [0.15, 0.2) is 0 Å². The normalized spacial score (nSPS) is 32.5. The Balaban J connectivity index is 1.53. The Bertz CT molecular complexity index is 467. The molecule has 2 atom stereocenters. The molecule has 3 rings (SSSR count). The SMILES string of the molecule is CN(CC1CCN(C(C)(C)C)CC1)[C@@H]1CN2CCC[C@]2(CC(C)(C)C)C1. The van der Waals surface area contributed by atoms with Gasteiger partial charge in [-0.05, 0) is 97.3 Å². The maximum atomic E-state index is 2.86. The molecule has 0 aromatic heterocycles. The highest BCUT2D eigenvalue weighted by Crippen LogP contribution is 2.47. The average Bonchev–Trinajstić information content (AvgIpc) is 3.01. The van der Waals surface area contributed by atoms with Gasteiger partial charge in [-0.1, -0.05) is 20.8 Å². The zero-order chi connectivity index (χ0) is 19.2. The molecule has 3 fully saturated rings. The molecule has 3 heteroatoms. The summed E-state index contributed by atoms with van der Waals surface area (Å²) in [6.07, 6.45) is 8.38. The third-order valence-corrected chi connectivity index (χ3v) is 7.38. The van der Waals surface area contributed by atoms with Crippen LogP contribution in [0.5, 0.6) is 0 Å². The Labute approximate surface area is 163 Å². The largest absolute Gasteiger partial charge is 0.302 e. The second kappa shape index (κ2) is 7.37. The summed E-state index contributed by atoms with van der Waals surface area (Å²) in [6.45, 7) is 20.9. The van der Waals surface area contributed by atoms with E-state index in [1.165, 1.54) is 71.2 Å². The molecule has 0 aliphatic carbocycles. The summed E-state index contributed by atoms with van der Waals surface area (Å²) >= 11 is 0. The standard InChI is InChI=1S/C23H45N3/c1-21(2,3)18-23-11-8-12-26(23)17-20(15-23)24(7)16-19-9-13-25(14-10-19)22(4,5)6/h19-20H,8-18H2,1-7H3/t20-,23+/m0/s1. The average molecular weight is 364 g/mol. The number of rotatable bonds is 4. The lowest BCUT2D eigenvalue weighted by molar-refractivity contribution is 0.0722. The van der Waals surface area contributed by atoms with E-state index in [1.807, 2.05) is 0 Å². The number of nitrogens with zero attached hydrogens (tertiary/aromatic N) is 3. The van der Waals surface area contributed by atoms with Crippen LogP contribution in [0.25, 0.3) is 0 Å². The van der Waals surface area contributed by atoms with Crippen molar-refractivity contribution < 1.29 is 0 Å². The fourth-order valence-corrected chi connectivity index (χ4v) is 6.17. The molecule has 152 valence electrons. The third-order valence-electron chi connectivity index (χ3n) is 7.38. The van der Waals surface area contributed by atoms with Crippen LogP contribution >= 0.6 is 0 Å². The predicted octanol–water partition coefficient (Wildman–Crippen LogP) is 4.47. The molecule has 3 nitrogen and oxygen atoms in total. The first-order valence-electron chi connectivity index (χ1n) is 11.2. The summed E-state index contributed by atoms with van der Waals surface area (Å²) in [5.74, 6) is 0.896. The van der Waals surface area contributed by atoms with Crippen molar-refractivity contribution >= 4 is 0 Å². The molecule has 0 unspecified atom stereocenters. The fraction of sp³-hybridized carbons (Fsp3) is 1.00. The zero-order valence-electron chi connectivity index (χ0n) is 18.8. The van der Waals surface area contributed by atoms with E-state index in [-0.39, 0.29) is 0 Å². The molecule has 0 aromatic rings. The van der Waals surface area contributed by atoms with Gasteiger partial charge in [0.15, 0.2) is 0 Å². The van der Waals surface area contributed by atoms with Gasteiger partial charge in [0.25, 0.3) is 0 Å². The highest BCUT2D eigenvalue weighted by Gasteiger charge is 2.50. The van der Waals surface area contributed by atoms with Gasteiger partial charge >= 0.3 is 0 Å². The van der Waals surface area contributed by atoms with Gasteiger partial charge in [-0.15, -0.1) is 0 Å². The van der Waals surface area contributed by atoms with Gasteiger partial charge in [0.1, 0.15) is 0 Å². The van der Waals surface area contributed by atoms with Gasteiger partial charge in [0, 0.05) is 30.2 Å². The van der Waals surface area contributed by atoms with Crippen LogP contribution in [0, 0.1) is 11.3 Å². The first kappa shape index (κ1) is 20.6. The Hall–Kier alpha value is -0.120. The maximum absolute atomic E-state index is 2.86. The molecule has 0 amide bonds. The monoisotopic (exact) mass is 363 g/mol. The van der Waals surface area contributed by atoms with E-state index in [9.17, 15) is 0 Å². The summed E-state index contributed by atoms with van der Waals surface area (Å²) in [5.41, 5.74) is 1.29. The van der Waals surface area contributed by atoms with Crippen molar-refractivity contribution in [2.45, 2.75) is 97.2 Å². The molecule has 0 radical (unpaired) electrons. The lowest BCUT2D eigenvalue weighted by Gasteiger charge is -2.42. The Kier molecular flexibility index (Phi) is 5.84. The van der Waals surface area contributed by atoms with Gasteiger partial charge in [0.2, 0.25) is 0 Å². The van der Waals surface area contributed by atoms with Gasteiger partial charge < -0.3 is 4.90 Å². The van der Waals surface area contributed by atoms with E-state index in [0.29, 0.717) is 16.5 Å². The van der Waals surface area contributed by atoms with E-state index in [2.05, 4.69) is 63.3 Å². The molecule has 3 saturated heterocycles. The lowest BCUT2D eigenvalue weighted by Crippen LogP contribution is -2.48. The molecule has 3 aliphatic rings. The van der Waals surface area contributed by atoms with Crippen LogP contribution in [0.1, 0.15) is 80.1 Å². The van der Waals surface area contributed by atoms with Crippen LogP contribution in [0.4, 0.5) is 0 Å². The fourth-order valence-electron chi connectivity index (χ4n) is 6.17. The highest BCUT2D eigenvalue weighted by atomic mass is 15.3. The van der Waals surface area contributed by atoms with Crippen LogP contribution < -0.4 is 0 Å². The molecular weight excluding hydrogens is 318 g/mol. The van der Waals surface area contributed by atoms with Crippen molar-refractivity contribution in [2.75, 3.05) is 39.8 Å². The van der Waals surface area contributed by atoms with Crippen molar-refractivity contribution in [1.29, 1.82) is 0 Å². The van der Waals surface area contributed by atoms with Crippen molar-refractivity contribution in [3.63, 3.8) is 0 Å². The van der Waals surface area contributed by atoms with E-state index >= 15 is 0 Å². The third kappa shape index (κ3) is 4.64. The van der Waals surface area contributed by atoms with Crippen LogP contribution in [0.3, 0.4) is 0 Å². The lowest BCUT2D eigenvalue weighted by atomic mass is 9.77. The minimum Gasteiger partial charge on any atom is -0.302 e. The summed E-state index contributed by atoms with van der Waals surface area (Å²) in [5, 5.41) is 0. The van der Waals surface area contributed by atoms with Crippen LogP contribution in [-0.2, 0) is 0 Å². The van der Waals surface area contributed by atoms with Gasteiger partial charge in [-0.25, -0.2) is 0 Å². The summed E-state index contributed by atoms with van der Waals surface area (Å²) in [4.78, 5) is 8.27. The summed E-state index contributed by atoms with van der Waals surface area (Å²) < 4.78 is 0. The van der Waals surface area contributed by atoms with Gasteiger partial charge in [-0.3, -0.25) is 9.80 Å². The van der Waals surface area contributed by atoms with Gasteiger partial charge in [-0.2, -0.15) is 0 Å². The Morgan fingerprint density at radius 1 is 1.00 bits per heavy atom. The molecule has 0 saturated carbocycles. The number of likely N-dealkylation sites (N-methyl/N-ethyl adjacent to an activating group) is 1. The van der Waals surface area contributed by atoms with Crippen molar-refractivity contribution in [1.82, 2.24) is 14.7 Å². The summed E-state index contributed by atoms with van der Waals surface area (Å²) in [7, 11) is 2.41. The van der Waals surface area contributed by atoms with Crippen LogP contribution in [-0.4, -0.2) is 71.6 Å². The minimum atomic E-state index is 0.340. The minimum absolute atomic E-state index is 0.340. The quantitative estimate of drug-likeness (QED) is 0.729. The number of hydrogen-bond acceptors (Lipinski definition) is 3. The molecule has 0 bridgehead atoms. The summed E-state index contributed by atoms with van der Waals surface area (Å²) in [6, 6.07) is 0.776. The topological polar surface area (TPSA) is 9.72 Å². The van der Waals surface area contributed by atoms with E-state index in [4.69, 9.17) is 0 Å². The molecule has 0 N–H and O–H groups in total. The molecule has 0 aromatic carbocycles. The number of hydrogen-bond donors (Lipinski definition) is 0. The molecular formula is C23H45N3. The Morgan fingerprint density at radius 3 is 2.23 bits per heavy atom. The predicted molar refractivity (Wildman–Crippen MR) is 113 cm³/mol. The van der Waals surface area contributed by atoms with Crippen molar-refractivity contribution in [3.05, 3.63) is 0 Å². The van der Waals surface area contributed by atoms with Crippen molar-refractivity contribution in [3.8, 4) is 0 Å². The second-order valence-electron chi connectivity index (χ2n) is 11.9. The highest BCUT2D eigenvalue weighted by molar-refractivity contribution is 5.07. The number of likely N-dealkylation sites (tertiary alicyclic amines) is 1. The Morgan fingerprint density at radius 2 is 1.65 bits per heavy atom. The van der Waals surface area contributed by atoms with E-state index < -0.39 is 0 Å². The first-order chi connectivity index (χ1) is 12.0. The molecule has 3 aliphatic heterocycles. The number of piperidine rings is 1. The zero-order valence-corrected chi connectivity index (χ0v) is 18.8. The first-order valence-corrected chi connectivity index (χ1v) is 11.2. The maximum Gasteiger partial charge on any atom is 0.0238 e. The van der Waals surface area contributed by atoms with Crippen molar-refractivity contribution in [2.24, 2.45) is 11.3 Å². The molecule has 0 spiro atoms. The van der Waals surface area contributed by atoms with E-state index in [1.54, 1.807) is 0 Å².